The Balaban J connectivity index is 2.07. The van der Waals surface area contributed by atoms with Gasteiger partial charge in [-0.15, -0.1) is 0 Å². The molecular formula is C12H14FN3. The van der Waals surface area contributed by atoms with E-state index in [9.17, 15) is 4.39 Å². The van der Waals surface area contributed by atoms with E-state index < -0.39 is 6.17 Å². The molecule has 0 spiro atoms. The van der Waals surface area contributed by atoms with Gasteiger partial charge in [-0.05, 0) is 25.1 Å². The molecule has 2 aromatic heterocycles. The van der Waals surface area contributed by atoms with Crippen molar-refractivity contribution in [1.29, 1.82) is 0 Å². The highest BCUT2D eigenvalue weighted by molar-refractivity contribution is 5.81. The highest BCUT2D eigenvalue weighted by Gasteiger charge is 2.28. The number of aromatic nitrogens is 2. The van der Waals surface area contributed by atoms with Crippen molar-refractivity contribution in [3.63, 3.8) is 0 Å². The van der Waals surface area contributed by atoms with Crippen molar-refractivity contribution in [2.24, 2.45) is 0 Å². The Morgan fingerprint density at radius 1 is 1.38 bits per heavy atom. The zero-order chi connectivity index (χ0) is 11.0. The first-order valence-corrected chi connectivity index (χ1v) is 5.63. The summed E-state index contributed by atoms with van der Waals surface area (Å²) in [7, 11) is 0. The van der Waals surface area contributed by atoms with Crippen LogP contribution in [0, 0.1) is 0 Å². The van der Waals surface area contributed by atoms with Crippen molar-refractivity contribution in [1.82, 2.24) is 15.3 Å². The van der Waals surface area contributed by atoms with Crippen molar-refractivity contribution < 1.29 is 4.39 Å². The molecule has 3 rings (SSSR count). The molecule has 1 saturated heterocycles. The number of rotatable bonds is 1. The molecule has 0 aromatic carbocycles. The van der Waals surface area contributed by atoms with Crippen LogP contribution in [0.25, 0.3) is 10.9 Å². The molecule has 0 unspecified atom stereocenters. The monoisotopic (exact) mass is 219 g/mol. The first-order chi connectivity index (χ1) is 7.86. The summed E-state index contributed by atoms with van der Waals surface area (Å²) in [6, 6.07) is 3.90. The van der Waals surface area contributed by atoms with Gasteiger partial charge in [-0.2, -0.15) is 0 Å². The smallest absolute Gasteiger partial charge is 0.121 e. The minimum absolute atomic E-state index is 0.0688. The number of nitrogens with zero attached hydrogens (tertiary/aromatic N) is 1. The largest absolute Gasteiger partial charge is 0.361 e. The normalized spacial score (nSPS) is 26.1. The van der Waals surface area contributed by atoms with Crippen molar-refractivity contribution in [3.8, 4) is 0 Å². The highest BCUT2D eigenvalue weighted by Crippen LogP contribution is 2.30. The zero-order valence-electron chi connectivity index (χ0n) is 8.91. The van der Waals surface area contributed by atoms with E-state index in [1.54, 1.807) is 6.20 Å². The first kappa shape index (κ1) is 9.78. The Morgan fingerprint density at radius 3 is 3.19 bits per heavy atom. The number of nitrogens with one attached hydrogen (secondary N) is 2. The SMILES string of the molecule is F[C@H]1CNCC[C@@H]1c1nccc2[nH]ccc12. The van der Waals surface area contributed by atoms with Gasteiger partial charge in [0.2, 0.25) is 0 Å². The summed E-state index contributed by atoms with van der Waals surface area (Å²) < 4.78 is 13.9. The number of pyridine rings is 1. The number of H-pyrrole nitrogens is 1. The quantitative estimate of drug-likeness (QED) is 0.770. The van der Waals surface area contributed by atoms with Crippen LogP contribution in [-0.2, 0) is 0 Å². The molecule has 2 aromatic rings. The maximum atomic E-state index is 13.9. The average molecular weight is 219 g/mol. The second kappa shape index (κ2) is 3.87. The Bertz CT molecular complexity index is 494. The van der Waals surface area contributed by atoms with E-state index in [-0.39, 0.29) is 5.92 Å². The van der Waals surface area contributed by atoms with Gasteiger partial charge in [-0.3, -0.25) is 4.98 Å². The molecule has 16 heavy (non-hydrogen) atoms. The summed E-state index contributed by atoms with van der Waals surface area (Å²) in [5, 5.41) is 4.12. The summed E-state index contributed by atoms with van der Waals surface area (Å²) in [6.07, 6.45) is 3.62. The van der Waals surface area contributed by atoms with Crippen molar-refractivity contribution >= 4 is 10.9 Å². The molecule has 0 aliphatic carbocycles. The standard InChI is InChI=1S/C12H14FN3/c13-10-7-14-4-1-8(10)12-9-2-5-15-11(9)3-6-16-12/h2-3,5-6,8,10,14-15H,1,4,7H2/t8-,10-/m0/s1. The maximum Gasteiger partial charge on any atom is 0.121 e. The van der Waals surface area contributed by atoms with Crippen LogP contribution in [0.4, 0.5) is 4.39 Å². The van der Waals surface area contributed by atoms with Crippen molar-refractivity contribution in [2.45, 2.75) is 18.5 Å². The zero-order valence-corrected chi connectivity index (χ0v) is 8.91. The number of halogens is 1. The second-order valence-electron chi connectivity index (χ2n) is 4.25. The molecule has 2 N–H and O–H groups in total. The number of hydrogen-bond donors (Lipinski definition) is 2. The fourth-order valence-electron chi connectivity index (χ4n) is 2.43. The van der Waals surface area contributed by atoms with Crippen LogP contribution in [0.15, 0.2) is 24.5 Å². The molecule has 0 bridgehead atoms. The van der Waals surface area contributed by atoms with Gasteiger partial charge in [-0.1, -0.05) is 0 Å². The van der Waals surface area contributed by atoms with Gasteiger partial charge >= 0.3 is 0 Å². The lowest BCUT2D eigenvalue weighted by Crippen LogP contribution is -2.37. The van der Waals surface area contributed by atoms with Gasteiger partial charge in [0.15, 0.2) is 0 Å². The van der Waals surface area contributed by atoms with E-state index in [0.29, 0.717) is 6.54 Å². The Hall–Kier alpha value is -1.42. The minimum atomic E-state index is -0.832. The molecule has 3 nitrogen and oxygen atoms in total. The minimum Gasteiger partial charge on any atom is -0.361 e. The maximum absolute atomic E-state index is 13.9. The molecule has 2 atom stereocenters. The predicted molar refractivity (Wildman–Crippen MR) is 61.2 cm³/mol. The predicted octanol–water partition coefficient (Wildman–Crippen LogP) is 1.98. The number of hydrogen-bond acceptors (Lipinski definition) is 2. The lowest BCUT2D eigenvalue weighted by Gasteiger charge is -2.26. The molecule has 1 fully saturated rings. The van der Waals surface area contributed by atoms with E-state index in [1.165, 1.54) is 0 Å². The lowest BCUT2D eigenvalue weighted by molar-refractivity contribution is 0.229. The van der Waals surface area contributed by atoms with Crippen molar-refractivity contribution in [2.75, 3.05) is 13.1 Å². The van der Waals surface area contributed by atoms with Gasteiger partial charge in [0.05, 0.1) is 5.69 Å². The van der Waals surface area contributed by atoms with E-state index in [0.717, 1.165) is 29.6 Å². The van der Waals surface area contributed by atoms with Crippen LogP contribution in [0.1, 0.15) is 18.0 Å². The second-order valence-corrected chi connectivity index (χ2v) is 4.25. The van der Waals surface area contributed by atoms with Gasteiger partial charge in [0.25, 0.3) is 0 Å². The molecule has 0 amide bonds. The summed E-state index contributed by atoms with van der Waals surface area (Å²) in [6.45, 7) is 1.31. The average Bonchev–Trinajstić information content (AvgIpc) is 2.77. The first-order valence-electron chi connectivity index (χ1n) is 5.63. The number of fused-ring (bicyclic) bond motifs is 1. The topological polar surface area (TPSA) is 40.7 Å². The van der Waals surface area contributed by atoms with Crippen LogP contribution < -0.4 is 5.32 Å². The summed E-state index contributed by atoms with van der Waals surface area (Å²) in [5.41, 5.74) is 1.93. The van der Waals surface area contributed by atoms with Gasteiger partial charge < -0.3 is 10.3 Å². The molecule has 1 aliphatic rings. The van der Waals surface area contributed by atoms with Crippen LogP contribution in [-0.4, -0.2) is 29.2 Å². The van der Waals surface area contributed by atoms with E-state index in [4.69, 9.17) is 0 Å². The molecule has 3 heterocycles. The fraction of sp³-hybridized carbons (Fsp3) is 0.417. The van der Waals surface area contributed by atoms with Crippen LogP contribution in [0.5, 0.6) is 0 Å². The summed E-state index contributed by atoms with van der Waals surface area (Å²) in [4.78, 5) is 7.50. The summed E-state index contributed by atoms with van der Waals surface area (Å²) in [5.74, 6) is -0.0688. The van der Waals surface area contributed by atoms with E-state index in [1.807, 2.05) is 18.3 Å². The van der Waals surface area contributed by atoms with Crippen LogP contribution >= 0.6 is 0 Å². The summed E-state index contributed by atoms with van der Waals surface area (Å²) >= 11 is 0. The third kappa shape index (κ3) is 1.50. The van der Waals surface area contributed by atoms with Gasteiger partial charge in [0, 0.05) is 35.8 Å². The number of alkyl halides is 1. The Labute approximate surface area is 93.1 Å². The van der Waals surface area contributed by atoms with Gasteiger partial charge in [-0.25, -0.2) is 4.39 Å². The number of aromatic amines is 1. The fourth-order valence-corrected chi connectivity index (χ4v) is 2.43. The molecule has 1 aliphatic heterocycles. The lowest BCUT2D eigenvalue weighted by atomic mass is 9.91. The highest BCUT2D eigenvalue weighted by atomic mass is 19.1. The molecule has 84 valence electrons. The third-order valence-electron chi connectivity index (χ3n) is 3.27. The Kier molecular flexibility index (Phi) is 2.36. The van der Waals surface area contributed by atoms with E-state index >= 15 is 0 Å². The van der Waals surface area contributed by atoms with Gasteiger partial charge in [0.1, 0.15) is 6.17 Å². The third-order valence-corrected chi connectivity index (χ3v) is 3.27. The van der Waals surface area contributed by atoms with E-state index in [2.05, 4.69) is 15.3 Å². The molecule has 0 saturated carbocycles. The molecule has 0 radical (unpaired) electrons. The Morgan fingerprint density at radius 2 is 2.31 bits per heavy atom. The molecular weight excluding hydrogens is 205 g/mol. The van der Waals surface area contributed by atoms with Crippen LogP contribution in [0.3, 0.4) is 0 Å². The molecule has 4 heteroatoms. The van der Waals surface area contributed by atoms with Crippen molar-refractivity contribution in [3.05, 3.63) is 30.2 Å². The number of piperidine rings is 1. The van der Waals surface area contributed by atoms with Crippen LogP contribution in [0.2, 0.25) is 0 Å².